The first kappa shape index (κ1) is 15.7. The van der Waals surface area contributed by atoms with Gasteiger partial charge in [-0.3, -0.25) is 0 Å². The summed E-state index contributed by atoms with van der Waals surface area (Å²) in [7, 11) is 0. The summed E-state index contributed by atoms with van der Waals surface area (Å²) in [6.07, 6.45) is 4.51. The third-order valence-corrected chi connectivity index (χ3v) is 6.10. The molecular weight excluding hydrogens is 302 g/mol. The molecule has 2 atom stereocenters. The van der Waals surface area contributed by atoms with Crippen molar-refractivity contribution in [3.05, 3.63) is 34.3 Å². The summed E-state index contributed by atoms with van der Waals surface area (Å²) in [5.41, 5.74) is 9.03. The number of halogens is 1. The molecular formula is C17H24ClNOS. The molecule has 2 aliphatic heterocycles. The first-order valence-corrected chi connectivity index (χ1v) is 9.36. The lowest BCUT2D eigenvalue weighted by molar-refractivity contribution is -0.105. The zero-order valence-electron chi connectivity index (χ0n) is 12.6. The minimum atomic E-state index is 0.0674. The topological polar surface area (TPSA) is 35.2 Å². The SMILES string of the molecule is Cc1cc(Cl)cc(C(N)C2CCOC3(CCSCC3)C2)c1. The monoisotopic (exact) mass is 325 g/mol. The average Bonchev–Trinajstić information content (AvgIpc) is 2.46. The Morgan fingerprint density at radius 1 is 1.33 bits per heavy atom. The molecule has 2 saturated heterocycles. The summed E-state index contributed by atoms with van der Waals surface area (Å²) in [5, 5.41) is 0.788. The van der Waals surface area contributed by atoms with E-state index in [4.69, 9.17) is 22.1 Å². The van der Waals surface area contributed by atoms with Gasteiger partial charge in [-0.25, -0.2) is 0 Å². The Morgan fingerprint density at radius 2 is 2.10 bits per heavy atom. The van der Waals surface area contributed by atoms with Gasteiger partial charge in [0.05, 0.1) is 5.60 Å². The van der Waals surface area contributed by atoms with Crippen LogP contribution < -0.4 is 5.73 Å². The molecule has 0 bridgehead atoms. The maximum Gasteiger partial charge on any atom is 0.0701 e. The lowest BCUT2D eigenvalue weighted by Crippen LogP contribution is -2.45. The average molecular weight is 326 g/mol. The number of aryl methyl sites for hydroxylation is 1. The second kappa shape index (κ2) is 6.49. The van der Waals surface area contributed by atoms with Crippen LogP contribution in [0.4, 0.5) is 0 Å². The molecule has 1 aromatic carbocycles. The Kier molecular flexibility index (Phi) is 4.84. The largest absolute Gasteiger partial charge is 0.375 e. The molecule has 0 radical (unpaired) electrons. The van der Waals surface area contributed by atoms with Gasteiger partial charge in [0.15, 0.2) is 0 Å². The third-order valence-electron chi connectivity index (χ3n) is 4.89. The summed E-state index contributed by atoms with van der Waals surface area (Å²) in [5.74, 6) is 2.94. The molecule has 2 heterocycles. The summed E-state index contributed by atoms with van der Waals surface area (Å²) in [4.78, 5) is 0. The highest BCUT2D eigenvalue weighted by molar-refractivity contribution is 7.99. The van der Waals surface area contributed by atoms with Crippen LogP contribution >= 0.6 is 23.4 Å². The van der Waals surface area contributed by atoms with E-state index in [2.05, 4.69) is 13.0 Å². The van der Waals surface area contributed by atoms with Crippen LogP contribution in [0, 0.1) is 12.8 Å². The molecule has 2 aliphatic rings. The summed E-state index contributed by atoms with van der Waals surface area (Å²) >= 11 is 8.24. The molecule has 0 amide bonds. The molecule has 2 nitrogen and oxygen atoms in total. The number of hydrogen-bond donors (Lipinski definition) is 1. The van der Waals surface area contributed by atoms with Crippen LogP contribution in [0.25, 0.3) is 0 Å². The van der Waals surface area contributed by atoms with Crippen molar-refractivity contribution in [3.8, 4) is 0 Å². The van der Waals surface area contributed by atoms with E-state index in [1.807, 2.05) is 23.9 Å². The van der Waals surface area contributed by atoms with E-state index in [-0.39, 0.29) is 11.6 Å². The smallest absolute Gasteiger partial charge is 0.0701 e. The van der Waals surface area contributed by atoms with Crippen LogP contribution in [0.1, 0.15) is 42.9 Å². The molecule has 0 saturated carbocycles. The van der Waals surface area contributed by atoms with Crippen molar-refractivity contribution >= 4 is 23.4 Å². The van der Waals surface area contributed by atoms with Gasteiger partial charge in [-0.2, -0.15) is 11.8 Å². The number of benzene rings is 1. The zero-order chi connectivity index (χ0) is 14.9. The normalized spacial score (nSPS) is 26.7. The third kappa shape index (κ3) is 3.58. The Labute approximate surface area is 136 Å². The van der Waals surface area contributed by atoms with Crippen LogP contribution in [0.15, 0.2) is 18.2 Å². The maximum absolute atomic E-state index is 6.58. The van der Waals surface area contributed by atoms with E-state index in [1.54, 1.807) is 0 Å². The van der Waals surface area contributed by atoms with Gasteiger partial charge in [-0.15, -0.1) is 0 Å². The molecule has 0 aromatic heterocycles. The lowest BCUT2D eigenvalue weighted by atomic mass is 9.77. The highest BCUT2D eigenvalue weighted by Crippen LogP contribution is 2.43. The van der Waals surface area contributed by atoms with E-state index < -0.39 is 0 Å². The van der Waals surface area contributed by atoms with Gasteiger partial charge >= 0.3 is 0 Å². The Morgan fingerprint density at radius 3 is 2.81 bits per heavy atom. The number of hydrogen-bond acceptors (Lipinski definition) is 3. The second-order valence-electron chi connectivity index (χ2n) is 6.48. The Balaban J connectivity index is 1.76. The van der Waals surface area contributed by atoms with Crippen LogP contribution in [-0.4, -0.2) is 23.7 Å². The maximum atomic E-state index is 6.58. The minimum Gasteiger partial charge on any atom is -0.375 e. The van der Waals surface area contributed by atoms with Gasteiger partial charge in [0, 0.05) is 17.7 Å². The van der Waals surface area contributed by atoms with Crippen molar-refractivity contribution in [3.63, 3.8) is 0 Å². The number of rotatable bonds is 2. The fraction of sp³-hybridized carbons (Fsp3) is 0.647. The molecule has 1 spiro atoms. The van der Waals surface area contributed by atoms with E-state index in [0.29, 0.717) is 5.92 Å². The number of ether oxygens (including phenoxy) is 1. The van der Waals surface area contributed by atoms with Gasteiger partial charge in [0.2, 0.25) is 0 Å². The molecule has 1 aromatic rings. The van der Waals surface area contributed by atoms with E-state index in [0.717, 1.165) is 24.5 Å². The van der Waals surface area contributed by atoms with Crippen LogP contribution in [-0.2, 0) is 4.74 Å². The van der Waals surface area contributed by atoms with Crippen molar-refractivity contribution in [2.45, 2.75) is 44.2 Å². The van der Waals surface area contributed by atoms with Gasteiger partial charge in [0.25, 0.3) is 0 Å². The van der Waals surface area contributed by atoms with Gasteiger partial charge in [-0.05, 0) is 73.3 Å². The highest BCUT2D eigenvalue weighted by atomic mass is 35.5. The van der Waals surface area contributed by atoms with Crippen molar-refractivity contribution in [1.82, 2.24) is 0 Å². The van der Waals surface area contributed by atoms with Crippen molar-refractivity contribution in [2.75, 3.05) is 18.1 Å². The Bertz CT molecular complexity index is 476. The quantitative estimate of drug-likeness (QED) is 0.878. The van der Waals surface area contributed by atoms with Crippen LogP contribution in [0.2, 0.25) is 5.02 Å². The van der Waals surface area contributed by atoms with Gasteiger partial charge < -0.3 is 10.5 Å². The molecule has 2 unspecified atom stereocenters. The second-order valence-corrected chi connectivity index (χ2v) is 8.15. The predicted octanol–water partition coefficient (Wildman–Crippen LogP) is 4.34. The van der Waals surface area contributed by atoms with E-state index >= 15 is 0 Å². The Hall–Kier alpha value is -0.220. The van der Waals surface area contributed by atoms with Gasteiger partial charge in [-0.1, -0.05) is 17.7 Å². The minimum absolute atomic E-state index is 0.0674. The summed E-state index contributed by atoms with van der Waals surface area (Å²) in [6, 6.07) is 6.26. The molecule has 2 N–H and O–H groups in total. The van der Waals surface area contributed by atoms with Crippen LogP contribution in [0.3, 0.4) is 0 Å². The molecule has 2 fully saturated rings. The molecule has 4 heteroatoms. The fourth-order valence-corrected chi connectivity index (χ4v) is 5.23. The standard InChI is InChI=1S/C17H24ClNOS/c1-12-8-14(10-15(18)9-12)16(19)13-2-5-20-17(11-13)3-6-21-7-4-17/h8-10,13,16H,2-7,11,19H2,1H3. The van der Waals surface area contributed by atoms with E-state index in [9.17, 15) is 0 Å². The molecule has 21 heavy (non-hydrogen) atoms. The predicted molar refractivity (Wildman–Crippen MR) is 91.1 cm³/mol. The lowest BCUT2D eigenvalue weighted by Gasteiger charge is -2.44. The first-order valence-electron chi connectivity index (χ1n) is 7.82. The number of nitrogens with two attached hydrogens (primary N) is 1. The van der Waals surface area contributed by atoms with Crippen LogP contribution in [0.5, 0.6) is 0 Å². The van der Waals surface area contributed by atoms with Crippen molar-refractivity contribution < 1.29 is 4.74 Å². The first-order chi connectivity index (χ1) is 10.1. The molecule has 3 rings (SSSR count). The van der Waals surface area contributed by atoms with Gasteiger partial charge in [0.1, 0.15) is 0 Å². The van der Waals surface area contributed by atoms with E-state index in [1.165, 1.54) is 35.5 Å². The number of thioether (sulfide) groups is 1. The summed E-state index contributed by atoms with van der Waals surface area (Å²) < 4.78 is 6.18. The molecule has 0 aliphatic carbocycles. The highest BCUT2D eigenvalue weighted by Gasteiger charge is 2.40. The zero-order valence-corrected chi connectivity index (χ0v) is 14.2. The fourth-order valence-electron chi connectivity index (χ4n) is 3.69. The molecule has 116 valence electrons. The summed E-state index contributed by atoms with van der Waals surface area (Å²) in [6.45, 7) is 2.93. The van der Waals surface area contributed by atoms with Crippen molar-refractivity contribution in [1.29, 1.82) is 0 Å². The van der Waals surface area contributed by atoms with Crippen molar-refractivity contribution in [2.24, 2.45) is 11.7 Å².